The second-order valence-corrected chi connectivity index (χ2v) is 6.40. The van der Waals surface area contributed by atoms with E-state index in [9.17, 15) is 9.90 Å². The number of fused-ring (bicyclic) bond motifs is 1. The molecule has 24 heavy (non-hydrogen) atoms. The van der Waals surface area contributed by atoms with Crippen LogP contribution < -0.4 is 10.6 Å². The zero-order chi connectivity index (χ0) is 17.1. The van der Waals surface area contributed by atoms with Crippen molar-refractivity contribution < 1.29 is 9.90 Å². The molecule has 0 bridgehead atoms. The fourth-order valence-electron chi connectivity index (χ4n) is 2.97. The lowest BCUT2D eigenvalue weighted by Crippen LogP contribution is -2.29. The minimum Gasteiger partial charge on any atom is -0.506 e. The number of hydrogen-bond acceptors (Lipinski definition) is 4. The lowest BCUT2D eigenvalue weighted by atomic mass is 9.96. The number of rotatable bonds is 4. The first kappa shape index (κ1) is 16.7. The van der Waals surface area contributed by atoms with E-state index in [0.29, 0.717) is 6.54 Å². The van der Waals surface area contributed by atoms with Gasteiger partial charge in [-0.3, -0.25) is 9.78 Å². The molecule has 3 rings (SSSR count). The van der Waals surface area contributed by atoms with Crippen molar-refractivity contribution in [3.05, 3.63) is 57.4 Å². The van der Waals surface area contributed by atoms with Gasteiger partial charge in [0.05, 0.1) is 11.4 Å². The average molecular weight is 346 g/mol. The van der Waals surface area contributed by atoms with E-state index in [-0.39, 0.29) is 23.1 Å². The molecule has 0 atom stereocenters. The fraction of sp³-hybridized carbons (Fsp3) is 0.333. The third-order valence-electron chi connectivity index (χ3n) is 4.31. The first-order valence-electron chi connectivity index (χ1n) is 7.95. The maximum atomic E-state index is 12.2. The van der Waals surface area contributed by atoms with Crippen LogP contribution >= 0.6 is 11.6 Å². The summed E-state index contributed by atoms with van der Waals surface area (Å²) < 4.78 is 0. The number of aromatic hydroxyl groups is 1. The number of amides is 1. The number of halogens is 1. The normalized spacial score (nSPS) is 13.4. The summed E-state index contributed by atoms with van der Waals surface area (Å²) in [5.41, 5.74) is 5.36. The molecule has 6 heteroatoms. The minimum atomic E-state index is -0.0808. The van der Waals surface area contributed by atoms with Crippen molar-refractivity contribution in [1.29, 1.82) is 0 Å². The summed E-state index contributed by atoms with van der Waals surface area (Å²) in [6, 6.07) is 4.81. The van der Waals surface area contributed by atoms with Crippen LogP contribution in [-0.4, -0.2) is 22.5 Å². The molecule has 126 valence electrons. The summed E-state index contributed by atoms with van der Waals surface area (Å²) in [4.78, 5) is 16.7. The predicted octanol–water partition coefficient (Wildman–Crippen LogP) is 2.25. The van der Waals surface area contributed by atoms with Crippen LogP contribution in [0, 0.1) is 6.92 Å². The largest absolute Gasteiger partial charge is 0.506 e. The van der Waals surface area contributed by atoms with E-state index in [1.165, 1.54) is 17.2 Å². The number of nitrogens with one attached hydrogen (secondary N) is 2. The number of pyridine rings is 1. The molecule has 0 fully saturated rings. The van der Waals surface area contributed by atoms with Gasteiger partial charge in [0.2, 0.25) is 5.91 Å². The molecule has 3 N–H and O–H groups in total. The lowest BCUT2D eigenvalue weighted by molar-refractivity contribution is -0.120. The second-order valence-electron chi connectivity index (χ2n) is 5.99. The van der Waals surface area contributed by atoms with Crippen molar-refractivity contribution in [3.8, 4) is 5.75 Å². The number of hydrogen-bond donors (Lipinski definition) is 3. The highest BCUT2D eigenvalue weighted by Crippen LogP contribution is 2.24. The van der Waals surface area contributed by atoms with Crippen LogP contribution in [0.4, 0.5) is 0 Å². The molecular weight excluding hydrogens is 326 g/mol. The van der Waals surface area contributed by atoms with Gasteiger partial charge in [0, 0.05) is 25.0 Å². The Morgan fingerprint density at radius 3 is 3.08 bits per heavy atom. The van der Waals surface area contributed by atoms with Crippen LogP contribution in [0.2, 0.25) is 5.02 Å². The van der Waals surface area contributed by atoms with Gasteiger partial charge in [-0.15, -0.1) is 0 Å². The van der Waals surface area contributed by atoms with Crippen LogP contribution in [-0.2, 0) is 30.7 Å². The van der Waals surface area contributed by atoms with E-state index in [1.54, 1.807) is 12.1 Å². The third kappa shape index (κ3) is 3.68. The number of carbonyl (C=O) groups is 1. The van der Waals surface area contributed by atoms with Crippen LogP contribution in [0.1, 0.15) is 27.9 Å². The Balaban J connectivity index is 1.67. The molecule has 1 aromatic heterocycles. The van der Waals surface area contributed by atoms with Gasteiger partial charge < -0.3 is 15.7 Å². The van der Waals surface area contributed by atoms with Crippen molar-refractivity contribution in [3.63, 3.8) is 0 Å². The maximum Gasteiger partial charge on any atom is 0.224 e. The molecule has 2 heterocycles. The van der Waals surface area contributed by atoms with Crippen molar-refractivity contribution in [2.45, 2.75) is 32.9 Å². The summed E-state index contributed by atoms with van der Waals surface area (Å²) in [5.74, 6) is -0.0604. The van der Waals surface area contributed by atoms with Gasteiger partial charge >= 0.3 is 0 Å². The van der Waals surface area contributed by atoms with Gasteiger partial charge in [-0.2, -0.15) is 0 Å². The monoisotopic (exact) mass is 345 g/mol. The molecule has 1 aliphatic rings. The highest BCUT2D eigenvalue weighted by Gasteiger charge is 2.16. The number of carbonyl (C=O) groups excluding carboxylic acids is 1. The third-order valence-corrected chi connectivity index (χ3v) is 4.61. The molecule has 0 radical (unpaired) electrons. The molecule has 0 saturated heterocycles. The van der Waals surface area contributed by atoms with Gasteiger partial charge in [-0.25, -0.2) is 0 Å². The standard InChI is InChI=1S/C18H20ClN3O2/c1-11-15(14-4-5-20-8-13(14)9-21-11)10-22-18(24)7-12-2-3-17(23)16(19)6-12/h2-3,6,9,20,23H,4-5,7-8,10H2,1H3,(H,22,24). The first-order chi connectivity index (χ1) is 11.5. The molecule has 1 aromatic carbocycles. The Labute approximate surface area is 146 Å². The topological polar surface area (TPSA) is 74.2 Å². The van der Waals surface area contributed by atoms with E-state index >= 15 is 0 Å². The van der Waals surface area contributed by atoms with Crippen LogP contribution in [0.25, 0.3) is 0 Å². The zero-order valence-electron chi connectivity index (χ0n) is 13.5. The zero-order valence-corrected chi connectivity index (χ0v) is 14.3. The quantitative estimate of drug-likeness (QED) is 0.794. The van der Waals surface area contributed by atoms with Gasteiger partial charge in [-0.1, -0.05) is 17.7 Å². The smallest absolute Gasteiger partial charge is 0.224 e. The molecule has 1 aliphatic heterocycles. The number of aryl methyl sites for hydroxylation is 1. The van der Waals surface area contributed by atoms with Crippen molar-refractivity contribution in [2.75, 3.05) is 6.54 Å². The number of phenols is 1. The predicted molar refractivity (Wildman–Crippen MR) is 93.1 cm³/mol. The number of nitrogens with zero attached hydrogens (tertiary/aromatic N) is 1. The summed E-state index contributed by atoms with van der Waals surface area (Å²) in [5, 5.41) is 16.0. The maximum absolute atomic E-state index is 12.2. The highest BCUT2D eigenvalue weighted by molar-refractivity contribution is 6.32. The summed E-state index contributed by atoms with van der Waals surface area (Å²) in [6.07, 6.45) is 3.10. The molecule has 5 nitrogen and oxygen atoms in total. The van der Waals surface area contributed by atoms with Crippen molar-refractivity contribution in [2.24, 2.45) is 0 Å². The SMILES string of the molecule is Cc1ncc2c(c1CNC(=O)Cc1ccc(O)c(Cl)c1)CCNC2. The number of phenolic OH excluding ortho intramolecular Hbond substituents is 1. The van der Waals surface area contributed by atoms with E-state index in [2.05, 4.69) is 15.6 Å². The molecular formula is C18H20ClN3O2. The van der Waals surface area contributed by atoms with Crippen molar-refractivity contribution in [1.82, 2.24) is 15.6 Å². The van der Waals surface area contributed by atoms with E-state index < -0.39 is 0 Å². The minimum absolute atomic E-state index is 0.0204. The molecule has 2 aromatic rings. The summed E-state index contributed by atoms with van der Waals surface area (Å²) >= 11 is 5.87. The highest BCUT2D eigenvalue weighted by atomic mass is 35.5. The lowest BCUT2D eigenvalue weighted by Gasteiger charge is -2.21. The Morgan fingerprint density at radius 1 is 1.46 bits per heavy atom. The molecule has 0 aliphatic carbocycles. The van der Waals surface area contributed by atoms with Crippen molar-refractivity contribution >= 4 is 17.5 Å². The van der Waals surface area contributed by atoms with Crippen LogP contribution in [0.3, 0.4) is 0 Å². The van der Waals surface area contributed by atoms with Crippen LogP contribution in [0.5, 0.6) is 5.75 Å². The van der Waals surface area contributed by atoms with Gasteiger partial charge in [0.1, 0.15) is 5.75 Å². The van der Waals surface area contributed by atoms with E-state index in [4.69, 9.17) is 11.6 Å². The molecule has 0 unspecified atom stereocenters. The first-order valence-corrected chi connectivity index (χ1v) is 8.33. The Morgan fingerprint density at radius 2 is 2.29 bits per heavy atom. The van der Waals surface area contributed by atoms with Gasteiger partial charge in [0.15, 0.2) is 0 Å². The average Bonchev–Trinajstić information content (AvgIpc) is 2.57. The molecule has 1 amide bonds. The fourth-order valence-corrected chi connectivity index (χ4v) is 3.18. The summed E-state index contributed by atoms with van der Waals surface area (Å²) in [6.45, 7) is 4.23. The molecule has 0 spiro atoms. The van der Waals surface area contributed by atoms with E-state index in [1.807, 2.05) is 13.1 Å². The number of aromatic nitrogens is 1. The van der Waals surface area contributed by atoms with Gasteiger partial charge in [0.25, 0.3) is 0 Å². The summed E-state index contributed by atoms with van der Waals surface area (Å²) in [7, 11) is 0. The number of benzene rings is 1. The Bertz CT molecular complexity index is 777. The van der Waals surface area contributed by atoms with E-state index in [0.717, 1.165) is 36.3 Å². The Kier molecular flexibility index (Phi) is 5.02. The van der Waals surface area contributed by atoms with Crippen LogP contribution in [0.15, 0.2) is 24.4 Å². The molecule has 0 saturated carbocycles. The Hall–Kier alpha value is -2.11. The second kappa shape index (κ2) is 7.20. The van der Waals surface area contributed by atoms with Gasteiger partial charge in [-0.05, 0) is 54.3 Å².